The molecule has 0 heterocycles. The molecule has 0 bridgehead atoms. The van der Waals surface area contributed by atoms with E-state index >= 15 is 0 Å². The minimum absolute atomic E-state index is 0.0265. The van der Waals surface area contributed by atoms with E-state index in [-0.39, 0.29) is 5.78 Å². The minimum atomic E-state index is -0.819. The molecule has 1 unspecified atom stereocenters. The number of carbonyl (C=O) groups excluding carboxylic acids is 1. The Balaban J connectivity index is 3.99. The number of carbonyl (C=O) groups is 1. The summed E-state index contributed by atoms with van der Waals surface area (Å²) >= 11 is 0. The Bertz CT molecular complexity index is 157. The molecule has 0 saturated carbocycles. The molecular weight excluding hydrogens is 140 g/mol. The highest BCUT2D eigenvalue weighted by Crippen LogP contribution is 2.12. The van der Waals surface area contributed by atoms with E-state index in [0.717, 1.165) is 6.42 Å². The Labute approximate surface area is 67.9 Å². The van der Waals surface area contributed by atoms with Gasteiger partial charge in [-0.15, -0.1) is 0 Å². The Morgan fingerprint density at radius 3 is 2.55 bits per heavy atom. The van der Waals surface area contributed by atoms with E-state index in [0.29, 0.717) is 6.42 Å². The molecule has 2 heteroatoms. The second kappa shape index (κ2) is 4.29. The summed E-state index contributed by atoms with van der Waals surface area (Å²) in [5, 5.41) is 9.52. The van der Waals surface area contributed by atoms with E-state index in [1.54, 1.807) is 13.0 Å². The van der Waals surface area contributed by atoms with E-state index < -0.39 is 5.60 Å². The van der Waals surface area contributed by atoms with Gasteiger partial charge in [0.2, 0.25) is 0 Å². The molecule has 0 aromatic carbocycles. The van der Waals surface area contributed by atoms with Crippen LogP contribution in [0.4, 0.5) is 0 Å². The smallest absolute Gasteiger partial charge is 0.152 e. The van der Waals surface area contributed by atoms with Crippen LogP contribution >= 0.6 is 0 Å². The number of hydrogen-bond donors (Lipinski definition) is 1. The van der Waals surface area contributed by atoms with Crippen molar-refractivity contribution in [2.75, 3.05) is 0 Å². The first-order valence-electron chi connectivity index (χ1n) is 3.90. The van der Waals surface area contributed by atoms with E-state index in [1.165, 1.54) is 13.0 Å². The zero-order valence-electron chi connectivity index (χ0n) is 7.42. The molecule has 0 aromatic rings. The van der Waals surface area contributed by atoms with Crippen LogP contribution in [-0.4, -0.2) is 16.5 Å². The lowest BCUT2D eigenvalue weighted by Gasteiger charge is -2.16. The van der Waals surface area contributed by atoms with Gasteiger partial charge in [-0.1, -0.05) is 13.3 Å². The molecule has 0 radical (unpaired) electrons. The van der Waals surface area contributed by atoms with Crippen LogP contribution < -0.4 is 0 Å². The number of aliphatic hydroxyl groups is 1. The maximum absolute atomic E-state index is 10.5. The van der Waals surface area contributed by atoms with Gasteiger partial charge in [0.1, 0.15) is 0 Å². The summed E-state index contributed by atoms with van der Waals surface area (Å²) < 4.78 is 0. The summed E-state index contributed by atoms with van der Waals surface area (Å²) in [5.41, 5.74) is -0.819. The maximum atomic E-state index is 10.5. The van der Waals surface area contributed by atoms with Crippen molar-refractivity contribution in [3.63, 3.8) is 0 Å². The predicted molar refractivity (Wildman–Crippen MR) is 45.4 cm³/mol. The van der Waals surface area contributed by atoms with E-state index in [2.05, 4.69) is 0 Å². The van der Waals surface area contributed by atoms with Crippen LogP contribution in [-0.2, 0) is 4.79 Å². The molecule has 0 saturated heterocycles. The predicted octanol–water partition coefficient (Wildman–Crippen LogP) is 1.68. The van der Waals surface area contributed by atoms with Gasteiger partial charge in [-0.2, -0.15) is 0 Å². The molecule has 11 heavy (non-hydrogen) atoms. The molecular formula is C9H16O2. The monoisotopic (exact) mass is 156 g/mol. The topological polar surface area (TPSA) is 37.3 Å². The SMILES string of the molecule is CCCC(C)(O)C=CC(C)=O. The lowest BCUT2D eigenvalue weighted by atomic mass is 10.00. The quantitative estimate of drug-likeness (QED) is 0.629. The lowest BCUT2D eigenvalue weighted by molar-refractivity contribution is -0.112. The Morgan fingerprint density at radius 1 is 1.64 bits per heavy atom. The zero-order chi connectivity index (χ0) is 8.91. The van der Waals surface area contributed by atoms with Crippen LogP contribution in [0.25, 0.3) is 0 Å². The van der Waals surface area contributed by atoms with Crippen molar-refractivity contribution in [2.24, 2.45) is 0 Å². The minimum Gasteiger partial charge on any atom is -0.386 e. The highest BCUT2D eigenvalue weighted by atomic mass is 16.3. The van der Waals surface area contributed by atoms with Crippen molar-refractivity contribution in [1.82, 2.24) is 0 Å². The fourth-order valence-electron chi connectivity index (χ4n) is 0.886. The zero-order valence-corrected chi connectivity index (χ0v) is 7.42. The van der Waals surface area contributed by atoms with Crippen LogP contribution in [0.15, 0.2) is 12.2 Å². The van der Waals surface area contributed by atoms with Crippen molar-refractivity contribution in [1.29, 1.82) is 0 Å². The van der Waals surface area contributed by atoms with Gasteiger partial charge in [-0.3, -0.25) is 4.79 Å². The lowest BCUT2D eigenvalue weighted by Crippen LogP contribution is -2.20. The van der Waals surface area contributed by atoms with Gasteiger partial charge in [-0.05, 0) is 32.4 Å². The molecule has 0 fully saturated rings. The summed E-state index contributed by atoms with van der Waals surface area (Å²) in [6.45, 7) is 5.17. The highest BCUT2D eigenvalue weighted by Gasteiger charge is 2.13. The second-order valence-corrected chi connectivity index (χ2v) is 3.05. The van der Waals surface area contributed by atoms with Gasteiger partial charge in [0.15, 0.2) is 5.78 Å². The molecule has 0 aliphatic rings. The van der Waals surface area contributed by atoms with Gasteiger partial charge >= 0.3 is 0 Å². The van der Waals surface area contributed by atoms with Crippen LogP contribution in [0.3, 0.4) is 0 Å². The van der Waals surface area contributed by atoms with Gasteiger partial charge < -0.3 is 5.11 Å². The first kappa shape index (κ1) is 10.4. The molecule has 0 spiro atoms. The van der Waals surface area contributed by atoms with Crippen molar-refractivity contribution < 1.29 is 9.90 Å². The summed E-state index contributed by atoms with van der Waals surface area (Å²) in [4.78, 5) is 10.5. The van der Waals surface area contributed by atoms with Crippen LogP contribution in [0.1, 0.15) is 33.6 Å². The summed E-state index contributed by atoms with van der Waals surface area (Å²) in [6.07, 6.45) is 4.57. The molecule has 0 aromatic heterocycles. The van der Waals surface area contributed by atoms with Crippen molar-refractivity contribution >= 4 is 5.78 Å². The summed E-state index contributed by atoms with van der Waals surface area (Å²) in [5.74, 6) is -0.0265. The van der Waals surface area contributed by atoms with E-state index in [9.17, 15) is 9.90 Å². The molecule has 0 amide bonds. The second-order valence-electron chi connectivity index (χ2n) is 3.05. The third-order valence-electron chi connectivity index (χ3n) is 1.43. The molecule has 0 aliphatic heterocycles. The molecule has 1 N–H and O–H groups in total. The normalized spacial score (nSPS) is 16.7. The molecule has 0 aliphatic carbocycles. The molecule has 1 atom stereocenters. The average molecular weight is 156 g/mol. The maximum Gasteiger partial charge on any atom is 0.152 e. The third kappa shape index (κ3) is 5.80. The fraction of sp³-hybridized carbons (Fsp3) is 0.667. The van der Waals surface area contributed by atoms with Crippen molar-refractivity contribution in [3.05, 3.63) is 12.2 Å². The van der Waals surface area contributed by atoms with Gasteiger partial charge in [0.25, 0.3) is 0 Å². The highest BCUT2D eigenvalue weighted by molar-refractivity contribution is 5.87. The molecule has 64 valence electrons. The first-order chi connectivity index (χ1) is 4.98. The number of allylic oxidation sites excluding steroid dienone is 1. The largest absolute Gasteiger partial charge is 0.386 e. The van der Waals surface area contributed by atoms with Gasteiger partial charge in [-0.25, -0.2) is 0 Å². The van der Waals surface area contributed by atoms with E-state index in [4.69, 9.17) is 0 Å². The number of rotatable bonds is 4. The molecule has 2 nitrogen and oxygen atoms in total. The fourth-order valence-corrected chi connectivity index (χ4v) is 0.886. The van der Waals surface area contributed by atoms with E-state index in [1.807, 2.05) is 6.92 Å². The number of hydrogen-bond acceptors (Lipinski definition) is 2. The van der Waals surface area contributed by atoms with Crippen LogP contribution in [0.2, 0.25) is 0 Å². The number of ketones is 1. The van der Waals surface area contributed by atoms with Crippen LogP contribution in [0.5, 0.6) is 0 Å². The average Bonchev–Trinajstić information content (AvgIpc) is 1.84. The first-order valence-corrected chi connectivity index (χ1v) is 3.90. The Hall–Kier alpha value is -0.630. The summed E-state index contributed by atoms with van der Waals surface area (Å²) in [7, 11) is 0. The van der Waals surface area contributed by atoms with Gasteiger partial charge in [0.05, 0.1) is 5.60 Å². The Morgan fingerprint density at radius 2 is 2.18 bits per heavy atom. The summed E-state index contributed by atoms with van der Waals surface area (Å²) in [6, 6.07) is 0. The molecule has 0 rings (SSSR count). The van der Waals surface area contributed by atoms with Crippen molar-refractivity contribution in [3.8, 4) is 0 Å². The van der Waals surface area contributed by atoms with Gasteiger partial charge in [0, 0.05) is 0 Å². The standard InChI is InChI=1S/C9H16O2/c1-4-6-9(3,11)7-5-8(2)10/h5,7,11H,4,6H2,1-3H3. The van der Waals surface area contributed by atoms with Crippen LogP contribution in [0, 0.1) is 0 Å². The third-order valence-corrected chi connectivity index (χ3v) is 1.43. The Kier molecular flexibility index (Phi) is 4.04. The van der Waals surface area contributed by atoms with Crippen molar-refractivity contribution in [2.45, 2.75) is 39.2 Å².